The largest absolute Gasteiger partial charge is 0.396 e. The summed E-state index contributed by atoms with van der Waals surface area (Å²) in [6.45, 7) is 6.88. The first-order chi connectivity index (χ1) is 10.5. The number of benzene rings is 1. The lowest BCUT2D eigenvalue weighted by molar-refractivity contribution is 0.0904. The summed E-state index contributed by atoms with van der Waals surface area (Å²) in [5.41, 5.74) is 2.35. The Labute approximate surface area is 131 Å². The second kappa shape index (κ2) is 6.92. The zero-order chi connectivity index (χ0) is 16.2. The van der Waals surface area contributed by atoms with Gasteiger partial charge in [-0.3, -0.25) is 9.89 Å². The van der Waals surface area contributed by atoms with Gasteiger partial charge in [-0.15, -0.1) is 0 Å². The summed E-state index contributed by atoms with van der Waals surface area (Å²) in [6, 6.07) is 5.89. The van der Waals surface area contributed by atoms with E-state index < -0.39 is 0 Å². The van der Waals surface area contributed by atoms with E-state index in [2.05, 4.69) is 29.4 Å². The van der Waals surface area contributed by atoms with Crippen LogP contribution in [0.25, 0.3) is 10.9 Å². The smallest absolute Gasteiger partial charge is 0.272 e. The van der Waals surface area contributed by atoms with Crippen LogP contribution in [0.3, 0.4) is 0 Å². The van der Waals surface area contributed by atoms with Crippen molar-refractivity contribution < 1.29 is 9.90 Å². The van der Waals surface area contributed by atoms with Gasteiger partial charge in [-0.1, -0.05) is 25.5 Å². The van der Waals surface area contributed by atoms with E-state index in [4.69, 9.17) is 0 Å². The van der Waals surface area contributed by atoms with E-state index in [0.29, 0.717) is 18.7 Å². The number of carbonyl (C=O) groups is 1. The van der Waals surface area contributed by atoms with Crippen molar-refractivity contribution in [1.29, 1.82) is 0 Å². The molecule has 22 heavy (non-hydrogen) atoms. The first-order valence-electron chi connectivity index (χ1n) is 7.89. The van der Waals surface area contributed by atoms with Crippen LogP contribution in [-0.2, 0) is 0 Å². The lowest BCUT2D eigenvalue weighted by atomic mass is 9.79. The maximum absolute atomic E-state index is 12.5. The highest BCUT2D eigenvalue weighted by atomic mass is 16.3. The van der Waals surface area contributed by atoms with Crippen LogP contribution in [-0.4, -0.2) is 34.4 Å². The van der Waals surface area contributed by atoms with E-state index in [-0.39, 0.29) is 17.9 Å². The summed E-state index contributed by atoms with van der Waals surface area (Å²) in [6.07, 6.45) is 2.54. The number of hydrogen-bond donors (Lipinski definition) is 3. The number of aliphatic hydroxyl groups excluding tert-OH is 1. The van der Waals surface area contributed by atoms with Gasteiger partial charge >= 0.3 is 0 Å². The zero-order valence-electron chi connectivity index (χ0n) is 13.6. The van der Waals surface area contributed by atoms with Crippen LogP contribution in [0.2, 0.25) is 0 Å². The first kappa shape index (κ1) is 16.5. The van der Waals surface area contributed by atoms with E-state index in [1.807, 2.05) is 25.1 Å². The number of amides is 1. The fourth-order valence-corrected chi connectivity index (χ4v) is 2.83. The van der Waals surface area contributed by atoms with Crippen LogP contribution in [0.4, 0.5) is 0 Å². The highest BCUT2D eigenvalue weighted by Crippen LogP contribution is 2.29. The van der Waals surface area contributed by atoms with Crippen molar-refractivity contribution in [3.8, 4) is 0 Å². The summed E-state index contributed by atoms with van der Waals surface area (Å²) in [7, 11) is 0. The molecule has 5 nitrogen and oxygen atoms in total. The van der Waals surface area contributed by atoms with Crippen molar-refractivity contribution in [2.75, 3.05) is 13.2 Å². The molecule has 0 bridgehead atoms. The summed E-state index contributed by atoms with van der Waals surface area (Å²) >= 11 is 0. The third-order valence-electron chi connectivity index (χ3n) is 4.70. The molecule has 1 aromatic carbocycles. The molecule has 0 fully saturated rings. The SMILES string of the molecule is CCC(CC)(CCO)CNC(=O)c1n[nH]c2ccc(C)cc12. The molecule has 0 spiro atoms. The molecule has 2 rings (SSSR count). The first-order valence-corrected chi connectivity index (χ1v) is 7.89. The number of H-pyrrole nitrogens is 1. The van der Waals surface area contributed by atoms with E-state index in [9.17, 15) is 9.90 Å². The lowest BCUT2D eigenvalue weighted by Gasteiger charge is -2.31. The fraction of sp³-hybridized carbons (Fsp3) is 0.529. The molecule has 1 aromatic heterocycles. The summed E-state index contributed by atoms with van der Waals surface area (Å²) in [5.74, 6) is -0.166. The maximum atomic E-state index is 12.5. The molecule has 1 amide bonds. The molecule has 0 aliphatic heterocycles. The summed E-state index contributed by atoms with van der Waals surface area (Å²) in [4.78, 5) is 12.5. The van der Waals surface area contributed by atoms with Crippen LogP contribution in [0, 0.1) is 12.3 Å². The number of aromatic nitrogens is 2. The average Bonchev–Trinajstić information content (AvgIpc) is 2.94. The summed E-state index contributed by atoms with van der Waals surface area (Å²) < 4.78 is 0. The lowest BCUT2D eigenvalue weighted by Crippen LogP contribution is -2.37. The minimum Gasteiger partial charge on any atom is -0.396 e. The van der Waals surface area contributed by atoms with Crippen molar-refractivity contribution in [1.82, 2.24) is 15.5 Å². The standard InChI is InChI=1S/C17H25N3O2/c1-4-17(5-2,8-9-21)11-18-16(22)15-13-10-12(3)6-7-14(13)19-20-15/h6-7,10,21H,4-5,8-9,11H2,1-3H3,(H,18,22)(H,19,20). The molecule has 0 saturated heterocycles. The van der Waals surface area contributed by atoms with Crippen LogP contribution in [0.15, 0.2) is 18.2 Å². The van der Waals surface area contributed by atoms with Crippen LogP contribution in [0.5, 0.6) is 0 Å². The van der Waals surface area contributed by atoms with Gasteiger partial charge in [0.15, 0.2) is 5.69 Å². The molecule has 0 saturated carbocycles. The van der Waals surface area contributed by atoms with Gasteiger partial charge in [0.2, 0.25) is 0 Å². The van der Waals surface area contributed by atoms with E-state index >= 15 is 0 Å². The molecule has 0 unspecified atom stereocenters. The van der Waals surface area contributed by atoms with E-state index in [0.717, 1.165) is 29.3 Å². The Morgan fingerprint density at radius 3 is 2.73 bits per heavy atom. The Bertz CT molecular complexity index is 644. The Morgan fingerprint density at radius 2 is 2.09 bits per heavy atom. The molecule has 0 radical (unpaired) electrons. The minimum atomic E-state index is -0.166. The highest BCUT2D eigenvalue weighted by Gasteiger charge is 2.27. The molecule has 0 atom stereocenters. The summed E-state index contributed by atoms with van der Waals surface area (Å²) in [5, 5.41) is 20.1. The number of fused-ring (bicyclic) bond motifs is 1. The van der Waals surface area contributed by atoms with E-state index in [1.165, 1.54) is 0 Å². The van der Waals surface area contributed by atoms with Gasteiger partial charge in [0.05, 0.1) is 5.52 Å². The molecule has 0 aliphatic carbocycles. The maximum Gasteiger partial charge on any atom is 0.272 e. The van der Waals surface area contributed by atoms with Crippen molar-refractivity contribution in [3.05, 3.63) is 29.5 Å². The number of aryl methyl sites for hydroxylation is 1. The molecule has 5 heteroatoms. The van der Waals surface area contributed by atoms with Gasteiger partial charge in [0.25, 0.3) is 5.91 Å². The van der Waals surface area contributed by atoms with Gasteiger partial charge in [-0.05, 0) is 43.7 Å². The van der Waals surface area contributed by atoms with Gasteiger partial charge in [-0.25, -0.2) is 0 Å². The highest BCUT2D eigenvalue weighted by molar-refractivity contribution is 6.04. The Hall–Kier alpha value is -1.88. The van der Waals surface area contributed by atoms with Crippen LogP contribution < -0.4 is 5.32 Å². The van der Waals surface area contributed by atoms with Gasteiger partial charge in [-0.2, -0.15) is 5.10 Å². The second-order valence-corrected chi connectivity index (χ2v) is 5.98. The Kier molecular flexibility index (Phi) is 5.19. The molecule has 120 valence electrons. The monoisotopic (exact) mass is 303 g/mol. The predicted octanol–water partition coefficient (Wildman–Crippen LogP) is 2.79. The number of carbonyl (C=O) groups excluding carboxylic acids is 1. The molecular weight excluding hydrogens is 278 g/mol. The number of rotatable bonds is 7. The predicted molar refractivity (Wildman–Crippen MR) is 87.9 cm³/mol. The van der Waals surface area contributed by atoms with Crippen molar-refractivity contribution in [2.24, 2.45) is 5.41 Å². The minimum absolute atomic E-state index is 0.0492. The van der Waals surface area contributed by atoms with Crippen LogP contribution >= 0.6 is 0 Å². The topological polar surface area (TPSA) is 78.0 Å². The number of aromatic amines is 1. The number of hydrogen-bond acceptors (Lipinski definition) is 3. The number of nitrogens with one attached hydrogen (secondary N) is 2. The third-order valence-corrected chi connectivity index (χ3v) is 4.70. The number of aliphatic hydroxyl groups is 1. The molecular formula is C17H25N3O2. The van der Waals surface area contributed by atoms with Crippen LogP contribution in [0.1, 0.15) is 49.2 Å². The molecule has 2 aromatic rings. The fourth-order valence-electron chi connectivity index (χ4n) is 2.83. The normalized spacial score (nSPS) is 11.8. The second-order valence-electron chi connectivity index (χ2n) is 5.98. The van der Waals surface area contributed by atoms with Gasteiger partial charge < -0.3 is 10.4 Å². The molecule has 1 heterocycles. The van der Waals surface area contributed by atoms with E-state index in [1.54, 1.807) is 0 Å². The van der Waals surface area contributed by atoms with Gasteiger partial charge in [0.1, 0.15) is 0 Å². The Morgan fingerprint density at radius 1 is 1.36 bits per heavy atom. The molecule has 3 N–H and O–H groups in total. The quantitative estimate of drug-likeness (QED) is 0.736. The van der Waals surface area contributed by atoms with Crippen molar-refractivity contribution in [2.45, 2.75) is 40.0 Å². The average molecular weight is 303 g/mol. The zero-order valence-corrected chi connectivity index (χ0v) is 13.6. The van der Waals surface area contributed by atoms with Gasteiger partial charge in [0, 0.05) is 18.5 Å². The Balaban J connectivity index is 2.15. The number of nitrogens with zero attached hydrogens (tertiary/aromatic N) is 1. The van der Waals surface area contributed by atoms with Crippen molar-refractivity contribution in [3.63, 3.8) is 0 Å². The van der Waals surface area contributed by atoms with Crippen molar-refractivity contribution >= 4 is 16.8 Å². The third kappa shape index (κ3) is 3.30. The molecule has 0 aliphatic rings.